The maximum atomic E-state index is 12.7. The van der Waals surface area contributed by atoms with Gasteiger partial charge in [-0.1, -0.05) is 29.8 Å². The summed E-state index contributed by atoms with van der Waals surface area (Å²) in [6.07, 6.45) is 1.88. The number of ether oxygens (including phenoxy) is 1. The smallest absolute Gasteiger partial charge is 0.273 e. The van der Waals surface area contributed by atoms with Crippen molar-refractivity contribution in [3.63, 3.8) is 0 Å². The summed E-state index contributed by atoms with van der Waals surface area (Å²) in [5, 5.41) is 14.7. The molecule has 1 amide bonds. The third-order valence-electron chi connectivity index (χ3n) is 5.22. The molecule has 8 heteroatoms. The maximum absolute atomic E-state index is 12.7. The Morgan fingerprint density at radius 3 is 2.66 bits per heavy atom. The molecule has 0 radical (unpaired) electrons. The number of carbonyl (C=O) groups excluding carboxylic acids is 1. The van der Waals surface area contributed by atoms with E-state index in [4.69, 9.17) is 16.3 Å². The summed E-state index contributed by atoms with van der Waals surface area (Å²) in [5.74, 6) is 0.803. The van der Waals surface area contributed by atoms with Crippen molar-refractivity contribution in [2.45, 2.75) is 32.2 Å². The molecule has 0 aliphatic carbocycles. The van der Waals surface area contributed by atoms with Crippen molar-refractivity contribution in [1.29, 1.82) is 0 Å². The van der Waals surface area contributed by atoms with Crippen LogP contribution in [0.5, 0.6) is 5.75 Å². The summed E-state index contributed by atoms with van der Waals surface area (Å²) in [5.41, 5.74) is 2.14. The van der Waals surface area contributed by atoms with Gasteiger partial charge in [-0.2, -0.15) is 0 Å². The number of nitrogens with zero attached hydrogens (tertiary/aromatic N) is 2. The maximum Gasteiger partial charge on any atom is 0.273 e. The Morgan fingerprint density at radius 1 is 1.31 bits per heavy atom. The standard InChI is InChI=1S/C21H24ClN3O4/c1-14-11-18(17(22)13-19(14)25(27)28)23-16-7-9-24(10-8-16)21(26)12-15-5-3-4-6-20(15)29-2/h3-6,11,13,16,23H,7-10,12H2,1-2H3. The van der Waals surface area contributed by atoms with Gasteiger partial charge in [0.2, 0.25) is 5.91 Å². The second-order valence-corrected chi connectivity index (χ2v) is 7.57. The molecule has 1 heterocycles. The van der Waals surface area contributed by atoms with Crippen molar-refractivity contribution in [2.75, 3.05) is 25.5 Å². The molecule has 1 saturated heterocycles. The third kappa shape index (κ3) is 4.98. The molecule has 0 bridgehead atoms. The van der Waals surface area contributed by atoms with Gasteiger partial charge in [0.1, 0.15) is 5.75 Å². The topological polar surface area (TPSA) is 84.7 Å². The normalized spacial score (nSPS) is 14.5. The fourth-order valence-electron chi connectivity index (χ4n) is 3.60. The van der Waals surface area contributed by atoms with Crippen LogP contribution in [0.3, 0.4) is 0 Å². The van der Waals surface area contributed by atoms with Crippen LogP contribution >= 0.6 is 11.6 Å². The van der Waals surface area contributed by atoms with Crippen LogP contribution in [0.1, 0.15) is 24.0 Å². The molecular weight excluding hydrogens is 394 g/mol. The fraction of sp³-hybridized carbons (Fsp3) is 0.381. The zero-order valence-corrected chi connectivity index (χ0v) is 17.2. The van der Waals surface area contributed by atoms with E-state index in [0.29, 0.717) is 35.8 Å². The number of rotatable bonds is 6. The Morgan fingerprint density at radius 2 is 2.00 bits per heavy atom. The number of likely N-dealkylation sites (tertiary alicyclic amines) is 1. The van der Waals surface area contributed by atoms with Crippen LogP contribution in [-0.2, 0) is 11.2 Å². The highest BCUT2D eigenvalue weighted by molar-refractivity contribution is 6.33. The Bertz CT molecular complexity index is 911. The number of para-hydroxylation sites is 1. The number of halogens is 1. The SMILES string of the molecule is COc1ccccc1CC(=O)N1CCC(Nc2cc(C)c([N+](=O)[O-])cc2Cl)CC1. The molecule has 1 N–H and O–H groups in total. The summed E-state index contributed by atoms with van der Waals surface area (Å²) >= 11 is 6.22. The van der Waals surface area contributed by atoms with Gasteiger partial charge in [-0.15, -0.1) is 0 Å². The van der Waals surface area contributed by atoms with Crippen molar-refractivity contribution in [2.24, 2.45) is 0 Å². The Balaban J connectivity index is 1.57. The number of methoxy groups -OCH3 is 1. The molecule has 0 saturated carbocycles. The lowest BCUT2D eigenvalue weighted by molar-refractivity contribution is -0.385. The van der Waals surface area contributed by atoms with Gasteiger partial charge in [0.05, 0.1) is 29.2 Å². The van der Waals surface area contributed by atoms with Crippen molar-refractivity contribution >= 4 is 28.9 Å². The first kappa shape index (κ1) is 20.9. The number of anilines is 1. The number of nitro benzene ring substituents is 1. The van der Waals surface area contributed by atoms with Crippen LogP contribution < -0.4 is 10.1 Å². The quantitative estimate of drug-likeness (QED) is 0.562. The number of carbonyl (C=O) groups is 1. The summed E-state index contributed by atoms with van der Waals surface area (Å²) in [6.45, 7) is 2.99. The number of amides is 1. The number of aryl methyl sites for hydroxylation is 1. The predicted octanol–water partition coefficient (Wildman–Crippen LogP) is 4.21. The molecule has 0 spiro atoms. The Kier molecular flexibility index (Phi) is 6.59. The zero-order valence-electron chi connectivity index (χ0n) is 16.5. The van der Waals surface area contributed by atoms with Crippen LogP contribution in [0.4, 0.5) is 11.4 Å². The van der Waals surface area contributed by atoms with E-state index in [1.165, 1.54) is 6.07 Å². The molecule has 2 aromatic rings. The van der Waals surface area contributed by atoms with E-state index in [-0.39, 0.29) is 17.6 Å². The highest BCUT2D eigenvalue weighted by atomic mass is 35.5. The van der Waals surface area contributed by atoms with E-state index >= 15 is 0 Å². The van der Waals surface area contributed by atoms with E-state index < -0.39 is 4.92 Å². The molecule has 0 unspecified atom stereocenters. The number of benzene rings is 2. The second-order valence-electron chi connectivity index (χ2n) is 7.16. The first-order valence-corrected chi connectivity index (χ1v) is 9.87. The number of hydrogen-bond acceptors (Lipinski definition) is 5. The molecule has 3 rings (SSSR count). The molecule has 2 aromatic carbocycles. The lowest BCUT2D eigenvalue weighted by Gasteiger charge is -2.33. The monoisotopic (exact) mass is 417 g/mol. The first-order valence-electron chi connectivity index (χ1n) is 9.49. The van der Waals surface area contributed by atoms with Crippen molar-refractivity contribution < 1.29 is 14.5 Å². The zero-order chi connectivity index (χ0) is 21.0. The van der Waals surface area contributed by atoms with E-state index in [1.54, 1.807) is 20.1 Å². The van der Waals surface area contributed by atoms with Crippen LogP contribution in [0.2, 0.25) is 5.02 Å². The molecule has 7 nitrogen and oxygen atoms in total. The summed E-state index contributed by atoms with van der Waals surface area (Å²) in [7, 11) is 1.60. The van der Waals surface area contributed by atoms with Crippen LogP contribution in [0, 0.1) is 17.0 Å². The molecule has 0 atom stereocenters. The fourth-order valence-corrected chi connectivity index (χ4v) is 3.81. The molecule has 0 aromatic heterocycles. The van der Waals surface area contributed by atoms with E-state index in [1.807, 2.05) is 29.2 Å². The average molecular weight is 418 g/mol. The molecule has 1 aliphatic rings. The molecule has 1 aliphatic heterocycles. The van der Waals surface area contributed by atoms with E-state index in [0.717, 1.165) is 24.2 Å². The van der Waals surface area contributed by atoms with E-state index in [9.17, 15) is 14.9 Å². The lowest BCUT2D eigenvalue weighted by Crippen LogP contribution is -2.43. The van der Waals surface area contributed by atoms with Gasteiger partial charge in [0.25, 0.3) is 5.69 Å². The first-order chi connectivity index (χ1) is 13.9. The summed E-state index contributed by atoms with van der Waals surface area (Å²) in [4.78, 5) is 25.1. The van der Waals surface area contributed by atoms with Gasteiger partial charge in [0, 0.05) is 36.3 Å². The van der Waals surface area contributed by atoms with Crippen molar-refractivity contribution in [1.82, 2.24) is 4.90 Å². The van der Waals surface area contributed by atoms with Crippen LogP contribution in [-0.4, -0.2) is 42.0 Å². The Hall–Kier alpha value is -2.80. The lowest BCUT2D eigenvalue weighted by atomic mass is 10.0. The number of nitrogens with one attached hydrogen (secondary N) is 1. The van der Waals surface area contributed by atoms with Gasteiger partial charge >= 0.3 is 0 Å². The van der Waals surface area contributed by atoms with Gasteiger partial charge in [-0.3, -0.25) is 14.9 Å². The van der Waals surface area contributed by atoms with Gasteiger partial charge in [0.15, 0.2) is 0 Å². The van der Waals surface area contributed by atoms with Gasteiger partial charge in [-0.25, -0.2) is 0 Å². The predicted molar refractivity (Wildman–Crippen MR) is 113 cm³/mol. The van der Waals surface area contributed by atoms with E-state index in [2.05, 4.69) is 5.32 Å². The van der Waals surface area contributed by atoms with Crippen LogP contribution in [0.15, 0.2) is 36.4 Å². The number of nitro groups is 1. The largest absolute Gasteiger partial charge is 0.496 e. The van der Waals surface area contributed by atoms with Crippen molar-refractivity contribution in [3.8, 4) is 5.75 Å². The highest BCUT2D eigenvalue weighted by Gasteiger charge is 2.24. The average Bonchev–Trinajstić information content (AvgIpc) is 2.71. The highest BCUT2D eigenvalue weighted by Crippen LogP contribution is 2.31. The minimum Gasteiger partial charge on any atom is -0.496 e. The molecule has 1 fully saturated rings. The minimum atomic E-state index is -0.434. The molecule has 29 heavy (non-hydrogen) atoms. The second kappa shape index (κ2) is 9.13. The van der Waals surface area contributed by atoms with Crippen LogP contribution in [0.25, 0.3) is 0 Å². The third-order valence-corrected chi connectivity index (χ3v) is 5.54. The van der Waals surface area contributed by atoms with Gasteiger partial charge < -0.3 is 15.0 Å². The Labute approximate surface area is 174 Å². The summed E-state index contributed by atoms with van der Waals surface area (Å²) < 4.78 is 5.33. The number of piperidine rings is 1. The van der Waals surface area contributed by atoms with Gasteiger partial charge in [-0.05, 0) is 31.9 Å². The molecular formula is C21H24ClN3O4. The summed E-state index contributed by atoms with van der Waals surface area (Å²) in [6, 6.07) is 10.8. The minimum absolute atomic E-state index is 0.0114. The number of hydrogen-bond donors (Lipinski definition) is 1. The molecule has 154 valence electrons. The van der Waals surface area contributed by atoms with Crippen molar-refractivity contribution in [3.05, 3.63) is 62.7 Å².